The summed E-state index contributed by atoms with van der Waals surface area (Å²) >= 11 is 0. The second-order valence-corrected chi connectivity index (χ2v) is 3.84. The molecule has 94 valence electrons. The molecule has 0 bridgehead atoms. The van der Waals surface area contributed by atoms with Crippen molar-refractivity contribution in [2.24, 2.45) is 5.84 Å². The Labute approximate surface area is 104 Å². The lowest BCUT2D eigenvalue weighted by atomic mass is 10.2. The number of hydrogen-bond donors (Lipinski definition) is 2. The second kappa shape index (κ2) is 5.46. The van der Waals surface area contributed by atoms with Gasteiger partial charge in [-0.05, 0) is 36.4 Å². The van der Waals surface area contributed by atoms with Gasteiger partial charge in [0, 0.05) is 18.4 Å². The summed E-state index contributed by atoms with van der Waals surface area (Å²) in [6.07, 6.45) is 0.747. The molecule has 1 heterocycles. The molecule has 5 heteroatoms. The highest BCUT2D eigenvalue weighted by Gasteiger charge is 2.06. The maximum Gasteiger partial charge on any atom is 0.234 e. The van der Waals surface area contributed by atoms with E-state index in [1.807, 2.05) is 0 Å². The molecule has 0 radical (unpaired) electrons. The van der Waals surface area contributed by atoms with Crippen molar-refractivity contribution < 1.29 is 13.6 Å². The summed E-state index contributed by atoms with van der Waals surface area (Å²) < 4.78 is 18.3. The highest BCUT2D eigenvalue weighted by molar-refractivity contribution is 5.75. The summed E-state index contributed by atoms with van der Waals surface area (Å²) in [5.41, 5.74) is 2.85. The van der Waals surface area contributed by atoms with Crippen LogP contribution in [0.5, 0.6) is 0 Å². The summed E-state index contributed by atoms with van der Waals surface area (Å²) in [5, 5.41) is 0. The largest absolute Gasteiger partial charge is 0.461 e. The number of furan rings is 1. The molecule has 0 saturated carbocycles. The Morgan fingerprint density at radius 3 is 2.61 bits per heavy atom. The fraction of sp³-hybridized carbons (Fsp3) is 0.154. The molecule has 0 unspecified atom stereocenters. The highest BCUT2D eigenvalue weighted by atomic mass is 19.1. The fourth-order valence-corrected chi connectivity index (χ4v) is 1.59. The molecule has 0 spiro atoms. The van der Waals surface area contributed by atoms with Crippen molar-refractivity contribution in [1.82, 2.24) is 5.43 Å². The molecule has 0 aliphatic heterocycles. The number of benzene rings is 1. The number of carbonyl (C=O) groups excluding carboxylic acids is 1. The normalized spacial score (nSPS) is 10.3. The van der Waals surface area contributed by atoms with Gasteiger partial charge in [-0.25, -0.2) is 10.2 Å². The van der Waals surface area contributed by atoms with Crippen molar-refractivity contribution in [3.63, 3.8) is 0 Å². The molecule has 0 fully saturated rings. The molecule has 2 rings (SSSR count). The summed E-state index contributed by atoms with van der Waals surface area (Å²) in [6.45, 7) is 0. The number of aryl methyl sites for hydroxylation is 1. The third-order valence-electron chi connectivity index (χ3n) is 2.55. The van der Waals surface area contributed by atoms with E-state index in [1.54, 1.807) is 24.3 Å². The number of nitrogens with two attached hydrogens (primary N) is 1. The Bertz CT molecular complexity index is 534. The van der Waals surface area contributed by atoms with Crippen LogP contribution >= 0.6 is 0 Å². The number of rotatable bonds is 4. The molecular formula is C13H13FN2O2. The highest BCUT2D eigenvalue weighted by Crippen LogP contribution is 2.22. The van der Waals surface area contributed by atoms with Crippen LogP contribution < -0.4 is 11.3 Å². The van der Waals surface area contributed by atoms with E-state index in [0.29, 0.717) is 17.9 Å². The molecule has 3 N–H and O–H groups in total. The average molecular weight is 248 g/mol. The van der Waals surface area contributed by atoms with E-state index in [0.717, 1.165) is 5.56 Å². The van der Waals surface area contributed by atoms with Gasteiger partial charge in [-0.1, -0.05) is 0 Å². The quantitative estimate of drug-likeness (QED) is 0.494. The van der Waals surface area contributed by atoms with Gasteiger partial charge < -0.3 is 4.42 Å². The van der Waals surface area contributed by atoms with Gasteiger partial charge in [-0.3, -0.25) is 10.2 Å². The maximum absolute atomic E-state index is 12.8. The Morgan fingerprint density at radius 2 is 1.94 bits per heavy atom. The number of nitrogens with one attached hydrogen (secondary N) is 1. The van der Waals surface area contributed by atoms with E-state index < -0.39 is 0 Å². The van der Waals surface area contributed by atoms with Crippen molar-refractivity contribution in [3.8, 4) is 11.3 Å². The van der Waals surface area contributed by atoms with E-state index >= 15 is 0 Å². The van der Waals surface area contributed by atoms with E-state index in [1.165, 1.54) is 12.1 Å². The van der Waals surface area contributed by atoms with Gasteiger partial charge in [0.25, 0.3) is 0 Å². The predicted molar refractivity (Wildman–Crippen MR) is 64.8 cm³/mol. The van der Waals surface area contributed by atoms with Crippen molar-refractivity contribution in [3.05, 3.63) is 48.0 Å². The van der Waals surface area contributed by atoms with Gasteiger partial charge in [0.15, 0.2) is 0 Å². The number of carbonyl (C=O) groups is 1. The smallest absolute Gasteiger partial charge is 0.234 e. The third kappa shape index (κ3) is 2.95. The summed E-state index contributed by atoms with van der Waals surface area (Å²) in [6, 6.07) is 9.62. The molecule has 0 aliphatic rings. The Kier molecular flexibility index (Phi) is 3.74. The summed E-state index contributed by atoms with van der Waals surface area (Å²) in [4.78, 5) is 11.0. The monoisotopic (exact) mass is 248 g/mol. The van der Waals surface area contributed by atoms with Crippen molar-refractivity contribution in [2.45, 2.75) is 12.8 Å². The summed E-state index contributed by atoms with van der Waals surface area (Å²) in [7, 11) is 0. The van der Waals surface area contributed by atoms with Crippen LogP contribution in [-0.4, -0.2) is 5.91 Å². The first-order chi connectivity index (χ1) is 8.69. The zero-order valence-corrected chi connectivity index (χ0v) is 9.65. The molecule has 0 atom stereocenters. The van der Waals surface area contributed by atoms with E-state index in [-0.39, 0.29) is 18.1 Å². The Balaban J connectivity index is 2.06. The first-order valence-electron chi connectivity index (χ1n) is 5.53. The molecule has 1 aromatic heterocycles. The number of hydrazine groups is 1. The van der Waals surface area contributed by atoms with Crippen molar-refractivity contribution in [1.29, 1.82) is 0 Å². The first-order valence-corrected chi connectivity index (χ1v) is 5.53. The van der Waals surface area contributed by atoms with Crippen LogP contribution in [-0.2, 0) is 11.2 Å². The van der Waals surface area contributed by atoms with E-state index in [4.69, 9.17) is 10.3 Å². The van der Waals surface area contributed by atoms with Gasteiger partial charge in [0.1, 0.15) is 17.3 Å². The van der Waals surface area contributed by atoms with E-state index in [9.17, 15) is 9.18 Å². The van der Waals surface area contributed by atoms with Crippen molar-refractivity contribution in [2.75, 3.05) is 0 Å². The van der Waals surface area contributed by atoms with Crippen LogP contribution in [0.4, 0.5) is 4.39 Å². The average Bonchev–Trinajstić information content (AvgIpc) is 2.85. The predicted octanol–water partition coefficient (Wildman–Crippen LogP) is 2.01. The SMILES string of the molecule is NNC(=O)CCc1ccc(-c2ccc(F)cc2)o1. The molecule has 0 aliphatic carbocycles. The molecule has 0 saturated heterocycles. The Hall–Kier alpha value is -2.14. The zero-order valence-electron chi connectivity index (χ0n) is 9.65. The van der Waals surface area contributed by atoms with Crippen LogP contribution in [0.25, 0.3) is 11.3 Å². The molecule has 2 aromatic rings. The third-order valence-corrected chi connectivity index (χ3v) is 2.55. The minimum Gasteiger partial charge on any atom is -0.461 e. The maximum atomic E-state index is 12.8. The second-order valence-electron chi connectivity index (χ2n) is 3.84. The lowest BCUT2D eigenvalue weighted by Crippen LogP contribution is -2.30. The molecule has 18 heavy (non-hydrogen) atoms. The fourth-order valence-electron chi connectivity index (χ4n) is 1.59. The summed E-state index contributed by atoms with van der Waals surface area (Å²) in [5.74, 6) is 5.80. The lowest BCUT2D eigenvalue weighted by Gasteiger charge is -1.98. The Morgan fingerprint density at radius 1 is 1.22 bits per heavy atom. The van der Waals surface area contributed by atoms with Gasteiger partial charge in [0.2, 0.25) is 5.91 Å². The van der Waals surface area contributed by atoms with Crippen LogP contribution in [0.1, 0.15) is 12.2 Å². The minimum atomic E-state index is -0.287. The first kappa shape index (κ1) is 12.3. The van der Waals surface area contributed by atoms with Gasteiger partial charge >= 0.3 is 0 Å². The topological polar surface area (TPSA) is 68.3 Å². The van der Waals surface area contributed by atoms with Crippen molar-refractivity contribution >= 4 is 5.91 Å². The molecule has 4 nitrogen and oxygen atoms in total. The van der Waals surface area contributed by atoms with Gasteiger partial charge in [-0.15, -0.1) is 0 Å². The van der Waals surface area contributed by atoms with Crippen LogP contribution in [0.3, 0.4) is 0 Å². The number of amides is 1. The zero-order chi connectivity index (χ0) is 13.0. The molecule has 1 aromatic carbocycles. The lowest BCUT2D eigenvalue weighted by molar-refractivity contribution is -0.121. The molecule has 1 amide bonds. The minimum absolute atomic E-state index is 0.241. The number of halogens is 1. The van der Waals surface area contributed by atoms with Crippen LogP contribution in [0.15, 0.2) is 40.8 Å². The van der Waals surface area contributed by atoms with Gasteiger partial charge in [-0.2, -0.15) is 0 Å². The van der Waals surface area contributed by atoms with Crippen LogP contribution in [0, 0.1) is 5.82 Å². The van der Waals surface area contributed by atoms with Gasteiger partial charge in [0.05, 0.1) is 0 Å². The van der Waals surface area contributed by atoms with E-state index in [2.05, 4.69) is 5.43 Å². The number of hydrogen-bond acceptors (Lipinski definition) is 3. The standard InChI is InChI=1S/C13H13FN2O2/c14-10-3-1-9(2-4-10)12-7-5-11(18-12)6-8-13(17)16-15/h1-5,7H,6,8,15H2,(H,16,17). The van der Waals surface area contributed by atoms with Crippen LogP contribution in [0.2, 0.25) is 0 Å². The molecular weight excluding hydrogens is 235 g/mol.